The number of rotatable bonds is 4. The molecule has 0 atom stereocenters. The number of hydrogen-bond acceptors (Lipinski definition) is 4. The van der Waals surface area contributed by atoms with Crippen molar-refractivity contribution < 1.29 is 12.8 Å². The van der Waals surface area contributed by atoms with Crippen molar-refractivity contribution in [1.82, 2.24) is 4.98 Å². The maximum Gasteiger partial charge on any atom is 0.194 e. The zero-order chi connectivity index (χ0) is 13.2. The first-order valence-electron chi connectivity index (χ1n) is 5.76. The van der Waals surface area contributed by atoms with E-state index in [2.05, 4.69) is 4.98 Å². The summed E-state index contributed by atoms with van der Waals surface area (Å²) in [5.41, 5.74) is 1.16. The van der Waals surface area contributed by atoms with Gasteiger partial charge in [-0.3, -0.25) is 0 Å². The third-order valence-corrected chi connectivity index (χ3v) is 3.73. The van der Waals surface area contributed by atoms with E-state index in [1.165, 1.54) is 12.5 Å². The number of hydrogen-bond donors (Lipinski definition) is 0. The maximum atomic E-state index is 11.7. The molecule has 0 spiro atoms. The van der Waals surface area contributed by atoms with E-state index < -0.39 is 9.84 Å². The number of nitrogens with zero attached hydrogens (tertiary/aromatic N) is 1. The molecule has 0 aliphatic rings. The molecule has 0 unspecified atom stereocenters. The average molecular weight is 265 g/mol. The number of benzene rings is 1. The summed E-state index contributed by atoms with van der Waals surface area (Å²) in [6, 6.07) is 6.81. The van der Waals surface area contributed by atoms with E-state index in [0.29, 0.717) is 17.1 Å². The van der Waals surface area contributed by atoms with Crippen molar-refractivity contribution in [2.75, 3.05) is 6.26 Å². The molecule has 0 fully saturated rings. The molecule has 0 saturated heterocycles. The summed E-state index contributed by atoms with van der Waals surface area (Å²) in [5.74, 6) is 0.635. The second-order valence-corrected chi connectivity index (χ2v) is 6.13. The maximum absolute atomic E-state index is 11.7. The molecule has 1 aromatic heterocycles. The van der Waals surface area contributed by atoms with Crippen molar-refractivity contribution in [2.24, 2.45) is 0 Å². The van der Waals surface area contributed by atoms with Crippen LogP contribution in [0.1, 0.15) is 19.2 Å². The summed E-state index contributed by atoms with van der Waals surface area (Å²) in [6.07, 6.45) is 4.39. The third kappa shape index (κ3) is 2.61. The highest BCUT2D eigenvalue weighted by Crippen LogP contribution is 2.26. The van der Waals surface area contributed by atoms with Crippen LogP contribution >= 0.6 is 0 Å². The Labute approximate surface area is 107 Å². The van der Waals surface area contributed by atoms with Crippen LogP contribution in [0.3, 0.4) is 0 Å². The van der Waals surface area contributed by atoms with E-state index in [9.17, 15) is 8.42 Å². The van der Waals surface area contributed by atoms with E-state index in [-0.39, 0.29) is 4.90 Å². The quantitative estimate of drug-likeness (QED) is 0.852. The Balaban J connectivity index is 2.50. The molecule has 0 aliphatic heterocycles. The molecule has 1 heterocycles. The Bertz CT molecular complexity index is 644. The van der Waals surface area contributed by atoms with Crippen LogP contribution in [0.15, 0.2) is 39.8 Å². The van der Waals surface area contributed by atoms with Crippen molar-refractivity contribution in [2.45, 2.75) is 24.7 Å². The molecule has 0 bridgehead atoms. The predicted octanol–water partition coefficient (Wildman–Crippen LogP) is 2.70. The number of oxazole rings is 1. The summed E-state index contributed by atoms with van der Waals surface area (Å²) in [5, 5.41) is 0. The van der Waals surface area contributed by atoms with Crippen LogP contribution in [0, 0.1) is 0 Å². The molecule has 96 valence electrons. The van der Waals surface area contributed by atoms with Gasteiger partial charge in [0.15, 0.2) is 15.7 Å². The second kappa shape index (κ2) is 4.94. The van der Waals surface area contributed by atoms with Gasteiger partial charge in [-0.25, -0.2) is 13.4 Å². The van der Waals surface area contributed by atoms with Gasteiger partial charge in [-0.1, -0.05) is 25.1 Å². The lowest BCUT2D eigenvalue weighted by molar-refractivity contribution is 0.491. The first-order valence-corrected chi connectivity index (χ1v) is 7.65. The Kier molecular flexibility index (Phi) is 3.52. The monoisotopic (exact) mass is 265 g/mol. The van der Waals surface area contributed by atoms with Gasteiger partial charge in [0.2, 0.25) is 0 Å². The molecule has 4 nitrogen and oxygen atoms in total. The number of sulfone groups is 1. The fraction of sp³-hybridized carbons (Fsp3) is 0.308. The third-order valence-electron chi connectivity index (χ3n) is 2.58. The minimum Gasteiger partial charge on any atom is -0.448 e. The van der Waals surface area contributed by atoms with Gasteiger partial charge in [0, 0.05) is 18.2 Å². The summed E-state index contributed by atoms with van der Waals surface area (Å²) >= 11 is 0. The summed E-state index contributed by atoms with van der Waals surface area (Å²) in [6.45, 7) is 2.04. The molecule has 0 amide bonds. The van der Waals surface area contributed by atoms with Crippen LogP contribution in [-0.4, -0.2) is 19.7 Å². The Morgan fingerprint density at radius 3 is 2.67 bits per heavy atom. The molecule has 1 aromatic carbocycles. The minimum atomic E-state index is -3.27. The molecule has 0 aliphatic carbocycles. The predicted molar refractivity (Wildman–Crippen MR) is 69.0 cm³/mol. The molecule has 0 saturated carbocycles. The van der Waals surface area contributed by atoms with Crippen LogP contribution in [0.2, 0.25) is 0 Å². The first-order chi connectivity index (χ1) is 8.52. The van der Waals surface area contributed by atoms with Gasteiger partial charge < -0.3 is 4.42 Å². The molecule has 2 rings (SSSR count). The van der Waals surface area contributed by atoms with Crippen molar-refractivity contribution in [1.29, 1.82) is 0 Å². The van der Waals surface area contributed by atoms with Gasteiger partial charge in [-0.05, 0) is 12.5 Å². The molecule has 2 aromatic rings. The average Bonchev–Trinajstić information content (AvgIpc) is 2.77. The largest absolute Gasteiger partial charge is 0.448 e. The van der Waals surface area contributed by atoms with Crippen molar-refractivity contribution in [3.63, 3.8) is 0 Å². The van der Waals surface area contributed by atoms with Crippen LogP contribution in [0.4, 0.5) is 0 Å². The minimum absolute atomic E-state index is 0.279. The normalized spacial score (nSPS) is 11.7. The lowest BCUT2D eigenvalue weighted by atomic mass is 10.2. The highest BCUT2D eigenvalue weighted by molar-refractivity contribution is 7.90. The van der Waals surface area contributed by atoms with Gasteiger partial charge in [0.25, 0.3) is 0 Å². The van der Waals surface area contributed by atoms with Gasteiger partial charge >= 0.3 is 0 Å². The highest BCUT2D eigenvalue weighted by Gasteiger charge is 2.16. The van der Waals surface area contributed by atoms with Crippen molar-refractivity contribution in [3.05, 3.63) is 36.4 Å². The van der Waals surface area contributed by atoms with Gasteiger partial charge in [-0.2, -0.15) is 0 Å². The van der Waals surface area contributed by atoms with Crippen LogP contribution in [0.25, 0.3) is 11.3 Å². The zero-order valence-electron chi connectivity index (χ0n) is 10.4. The Hall–Kier alpha value is -1.62. The summed E-state index contributed by atoms with van der Waals surface area (Å²) in [7, 11) is -3.27. The van der Waals surface area contributed by atoms with E-state index in [0.717, 1.165) is 12.8 Å². The molecule has 5 heteroatoms. The van der Waals surface area contributed by atoms with E-state index in [1.54, 1.807) is 24.3 Å². The Morgan fingerprint density at radius 2 is 2.00 bits per heavy atom. The molecule has 18 heavy (non-hydrogen) atoms. The van der Waals surface area contributed by atoms with Crippen LogP contribution in [0.5, 0.6) is 0 Å². The van der Waals surface area contributed by atoms with E-state index >= 15 is 0 Å². The standard InChI is InChI=1S/C13H15NO3S/c1-3-6-13-14-11(9-17-13)10-7-4-5-8-12(10)18(2,15)16/h4-5,7-9H,3,6H2,1-2H3. The van der Waals surface area contributed by atoms with Gasteiger partial charge in [0.1, 0.15) is 12.0 Å². The Morgan fingerprint density at radius 1 is 1.28 bits per heavy atom. The van der Waals surface area contributed by atoms with Gasteiger partial charge in [0.05, 0.1) is 4.90 Å². The fourth-order valence-corrected chi connectivity index (χ4v) is 2.66. The topological polar surface area (TPSA) is 60.2 Å². The smallest absolute Gasteiger partial charge is 0.194 e. The number of aryl methyl sites for hydroxylation is 1. The van der Waals surface area contributed by atoms with Crippen molar-refractivity contribution in [3.8, 4) is 11.3 Å². The van der Waals surface area contributed by atoms with E-state index in [1.807, 2.05) is 6.92 Å². The summed E-state index contributed by atoms with van der Waals surface area (Å²) < 4.78 is 28.7. The molecule has 0 radical (unpaired) electrons. The van der Waals surface area contributed by atoms with Crippen molar-refractivity contribution >= 4 is 9.84 Å². The molecular weight excluding hydrogens is 250 g/mol. The number of aromatic nitrogens is 1. The van der Waals surface area contributed by atoms with E-state index in [4.69, 9.17) is 4.42 Å². The lowest BCUT2D eigenvalue weighted by Crippen LogP contribution is -1.99. The molecule has 0 N–H and O–H groups in total. The second-order valence-electron chi connectivity index (χ2n) is 4.14. The molecular formula is C13H15NO3S. The van der Waals surface area contributed by atoms with Crippen LogP contribution < -0.4 is 0 Å². The van der Waals surface area contributed by atoms with Gasteiger partial charge in [-0.15, -0.1) is 0 Å². The lowest BCUT2D eigenvalue weighted by Gasteiger charge is -2.03. The highest BCUT2D eigenvalue weighted by atomic mass is 32.2. The fourth-order valence-electron chi connectivity index (χ4n) is 1.76. The summed E-state index contributed by atoms with van der Waals surface area (Å²) in [4.78, 5) is 4.59. The van der Waals surface area contributed by atoms with Crippen LogP contribution in [-0.2, 0) is 16.3 Å². The first kappa shape index (κ1) is 12.8. The SMILES string of the molecule is CCCc1nc(-c2ccccc2S(C)(=O)=O)co1. The zero-order valence-corrected chi connectivity index (χ0v) is 11.2.